The third kappa shape index (κ3) is 3.04. The van der Waals surface area contributed by atoms with E-state index < -0.39 is 0 Å². The molecule has 0 aliphatic rings. The average Bonchev–Trinajstić information content (AvgIpc) is 2.15. The van der Waals surface area contributed by atoms with Crippen LogP contribution in [0.25, 0.3) is 10.4 Å². The van der Waals surface area contributed by atoms with Gasteiger partial charge >= 0.3 is 0 Å². The summed E-state index contributed by atoms with van der Waals surface area (Å²) >= 11 is 5.79. The van der Waals surface area contributed by atoms with Crippen molar-refractivity contribution in [3.8, 4) is 11.8 Å². The van der Waals surface area contributed by atoms with Crippen LogP contribution in [0.2, 0.25) is 5.02 Å². The van der Waals surface area contributed by atoms with Crippen molar-refractivity contribution >= 4 is 11.6 Å². The molecule has 0 saturated heterocycles. The number of nitrogens with zero attached hydrogens (tertiary/aromatic N) is 4. The van der Waals surface area contributed by atoms with Gasteiger partial charge in [0.1, 0.15) is 0 Å². The van der Waals surface area contributed by atoms with Crippen LogP contribution in [0.4, 0.5) is 0 Å². The van der Waals surface area contributed by atoms with Crippen LogP contribution in [0, 0.1) is 11.8 Å². The molecule has 0 aromatic carbocycles. The van der Waals surface area contributed by atoms with Crippen LogP contribution in [0.15, 0.2) is 23.6 Å². The summed E-state index contributed by atoms with van der Waals surface area (Å²) in [5.41, 5.74) is 8.61. The van der Waals surface area contributed by atoms with Gasteiger partial charge < -0.3 is 0 Å². The first-order chi connectivity index (χ1) is 6.34. The number of hydrogen-bond acceptors (Lipinski definition) is 2. The molecule has 5 heteroatoms. The van der Waals surface area contributed by atoms with E-state index in [0.717, 1.165) is 0 Å². The summed E-state index contributed by atoms with van der Waals surface area (Å²) in [5, 5.41) is 3.80. The topological polar surface area (TPSA) is 61.7 Å². The zero-order valence-electron chi connectivity index (χ0n) is 6.61. The van der Waals surface area contributed by atoms with E-state index in [2.05, 4.69) is 26.9 Å². The van der Waals surface area contributed by atoms with Gasteiger partial charge in [-0.25, -0.2) is 0 Å². The SMILES string of the molecule is [N-]=[N+]=NCC#Cc1cnccc1Cl. The van der Waals surface area contributed by atoms with Crippen molar-refractivity contribution in [1.82, 2.24) is 4.98 Å². The molecule has 0 aliphatic heterocycles. The molecule has 1 aromatic heterocycles. The van der Waals surface area contributed by atoms with Crippen molar-refractivity contribution in [2.75, 3.05) is 6.54 Å². The van der Waals surface area contributed by atoms with E-state index in [4.69, 9.17) is 17.1 Å². The van der Waals surface area contributed by atoms with E-state index in [0.29, 0.717) is 10.6 Å². The highest BCUT2D eigenvalue weighted by atomic mass is 35.5. The molecule has 13 heavy (non-hydrogen) atoms. The van der Waals surface area contributed by atoms with E-state index in [9.17, 15) is 0 Å². The number of halogens is 1. The molecule has 0 radical (unpaired) electrons. The fourth-order valence-electron chi connectivity index (χ4n) is 0.671. The third-order valence-electron chi connectivity index (χ3n) is 1.20. The summed E-state index contributed by atoms with van der Waals surface area (Å²) in [6, 6.07) is 1.65. The highest BCUT2D eigenvalue weighted by Gasteiger charge is 1.92. The zero-order valence-corrected chi connectivity index (χ0v) is 7.36. The lowest BCUT2D eigenvalue weighted by molar-refractivity contribution is 1.25. The van der Waals surface area contributed by atoms with Crippen LogP contribution < -0.4 is 0 Å². The van der Waals surface area contributed by atoms with Crippen LogP contribution in [0.3, 0.4) is 0 Å². The lowest BCUT2D eigenvalue weighted by atomic mass is 10.3. The molecule has 0 N–H and O–H groups in total. The van der Waals surface area contributed by atoms with Gasteiger partial charge in [-0.05, 0) is 11.6 Å². The fourth-order valence-corrected chi connectivity index (χ4v) is 0.824. The second-order valence-corrected chi connectivity index (χ2v) is 2.45. The Kier molecular flexibility index (Phi) is 3.65. The second kappa shape index (κ2) is 5.04. The Balaban J connectivity index is 2.77. The third-order valence-corrected chi connectivity index (χ3v) is 1.53. The van der Waals surface area contributed by atoms with Crippen molar-refractivity contribution in [3.63, 3.8) is 0 Å². The van der Waals surface area contributed by atoms with Crippen molar-refractivity contribution in [2.45, 2.75) is 0 Å². The highest BCUT2D eigenvalue weighted by Crippen LogP contribution is 2.11. The molecule has 1 rings (SSSR count). The van der Waals surface area contributed by atoms with Crippen molar-refractivity contribution in [3.05, 3.63) is 39.5 Å². The molecule has 0 aliphatic carbocycles. The largest absolute Gasteiger partial charge is 0.263 e. The predicted molar refractivity (Wildman–Crippen MR) is 50.1 cm³/mol. The molecule has 1 aromatic rings. The molecule has 64 valence electrons. The molecule has 0 bridgehead atoms. The van der Waals surface area contributed by atoms with Gasteiger partial charge in [0.05, 0.1) is 17.1 Å². The molecule has 0 saturated carbocycles. The lowest BCUT2D eigenvalue weighted by Crippen LogP contribution is -1.79. The van der Waals surface area contributed by atoms with E-state index in [1.807, 2.05) is 0 Å². The molecular formula is C8H5ClN4. The van der Waals surface area contributed by atoms with E-state index in [1.165, 1.54) is 0 Å². The predicted octanol–water partition coefficient (Wildman–Crippen LogP) is 2.40. The molecule has 0 amide bonds. The minimum atomic E-state index is 0.141. The fraction of sp³-hybridized carbons (Fsp3) is 0.125. The summed E-state index contributed by atoms with van der Waals surface area (Å²) in [7, 11) is 0. The Morgan fingerprint density at radius 3 is 3.23 bits per heavy atom. The maximum atomic E-state index is 7.97. The van der Waals surface area contributed by atoms with Crippen molar-refractivity contribution in [1.29, 1.82) is 0 Å². The quantitative estimate of drug-likeness (QED) is 0.292. The number of rotatable bonds is 1. The average molecular weight is 193 g/mol. The molecule has 0 atom stereocenters. The second-order valence-electron chi connectivity index (χ2n) is 2.05. The summed E-state index contributed by atoms with van der Waals surface area (Å²) in [5.74, 6) is 5.39. The Morgan fingerprint density at radius 1 is 1.69 bits per heavy atom. The van der Waals surface area contributed by atoms with Gasteiger partial charge in [-0.1, -0.05) is 28.6 Å². The summed E-state index contributed by atoms with van der Waals surface area (Å²) in [4.78, 5) is 6.42. The Hall–Kier alpha value is -1.69. The minimum Gasteiger partial charge on any atom is -0.263 e. The van der Waals surface area contributed by atoms with Gasteiger partial charge in [-0.15, -0.1) is 0 Å². The van der Waals surface area contributed by atoms with Crippen LogP contribution in [-0.2, 0) is 0 Å². The minimum absolute atomic E-state index is 0.141. The summed E-state index contributed by atoms with van der Waals surface area (Å²) < 4.78 is 0. The molecule has 0 unspecified atom stereocenters. The standard InChI is InChI=1S/C8H5ClN4/c9-8-3-5-11-6-7(8)2-1-4-12-13-10/h3,5-6H,4H2. The Labute approximate surface area is 80.2 Å². The van der Waals surface area contributed by atoms with E-state index in [-0.39, 0.29) is 6.54 Å². The normalized spacial score (nSPS) is 8.08. The van der Waals surface area contributed by atoms with Crippen LogP contribution in [0.1, 0.15) is 5.56 Å². The number of aromatic nitrogens is 1. The number of azide groups is 1. The van der Waals surface area contributed by atoms with Gasteiger partial charge in [0.25, 0.3) is 0 Å². The first-order valence-corrected chi connectivity index (χ1v) is 3.81. The Bertz CT molecular complexity index is 398. The first-order valence-electron chi connectivity index (χ1n) is 3.44. The summed E-state index contributed by atoms with van der Waals surface area (Å²) in [6.45, 7) is 0.141. The first kappa shape index (κ1) is 9.40. The molecule has 1 heterocycles. The van der Waals surface area contributed by atoms with Gasteiger partial charge in [0.2, 0.25) is 0 Å². The van der Waals surface area contributed by atoms with Gasteiger partial charge in [-0.3, -0.25) is 4.98 Å². The molecule has 0 spiro atoms. The van der Waals surface area contributed by atoms with Crippen LogP contribution in [0.5, 0.6) is 0 Å². The van der Waals surface area contributed by atoms with E-state index in [1.54, 1.807) is 18.5 Å². The summed E-state index contributed by atoms with van der Waals surface area (Å²) in [6.07, 6.45) is 3.15. The maximum Gasteiger partial charge on any atom is 0.0880 e. The van der Waals surface area contributed by atoms with Gasteiger partial charge in [-0.2, -0.15) is 0 Å². The van der Waals surface area contributed by atoms with Gasteiger partial charge in [0, 0.05) is 17.3 Å². The molecule has 0 fully saturated rings. The monoisotopic (exact) mass is 192 g/mol. The number of pyridine rings is 1. The lowest BCUT2D eigenvalue weighted by Gasteiger charge is -1.90. The van der Waals surface area contributed by atoms with Crippen molar-refractivity contribution in [2.24, 2.45) is 5.11 Å². The van der Waals surface area contributed by atoms with Crippen LogP contribution in [-0.4, -0.2) is 11.5 Å². The molecule has 4 nitrogen and oxygen atoms in total. The Morgan fingerprint density at radius 2 is 2.54 bits per heavy atom. The van der Waals surface area contributed by atoms with Crippen LogP contribution >= 0.6 is 11.6 Å². The highest BCUT2D eigenvalue weighted by molar-refractivity contribution is 6.31. The maximum absolute atomic E-state index is 7.97. The van der Waals surface area contributed by atoms with E-state index >= 15 is 0 Å². The van der Waals surface area contributed by atoms with Gasteiger partial charge in [0.15, 0.2) is 0 Å². The smallest absolute Gasteiger partial charge is 0.0880 e. The number of hydrogen-bond donors (Lipinski definition) is 0. The molecular weight excluding hydrogens is 188 g/mol. The zero-order chi connectivity index (χ0) is 9.52. The van der Waals surface area contributed by atoms with Crippen molar-refractivity contribution < 1.29 is 0 Å².